The third kappa shape index (κ3) is 6.58. The van der Waals surface area contributed by atoms with Crippen LogP contribution in [0.4, 0.5) is 0 Å². The molecule has 0 atom stereocenters. The molecule has 0 fully saturated rings. The van der Waals surface area contributed by atoms with Crippen LogP contribution in [0, 0.1) is 17.8 Å². The molecule has 1 rings (SSSR count). The Labute approximate surface area is 114 Å². The van der Waals surface area contributed by atoms with Crippen LogP contribution in [0.2, 0.25) is 0 Å². The van der Waals surface area contributed by atoms with Gasteiger partial charge >= 0.3 is 0 Å². The highest BCUT2D eigenvalue weighted by Crippen LogP contribution is 2.13. The van der Waals surface area contributed by atoms with Crippen LogP contribution in [0.1, 0.15) is 19.4 Å². The molecule has 0 spiro atoms. The number of nitrogens with two attached hydrogens (primary N) is 1. The highest BCUT2D eigenvalue weighted by atomic mass is 32.2. The highest BCUT2D eigenvalue weighted by molar-refractivity contribution is 7.99. The van der Waals surface area contributed by atoms with Gasteiger partial charge in [0.2, 0.25) is 0 Å². The average molecular weight is 263 g/mol. The summed E-state index contributed by atoms with van der Waals surface area (Å²) in [4.78, 5) is 0. The summed E-state index contributed by atoms with van der Waals surface area (Å²) in [5.41, 5.74) is 6.30. The monoisotopic (exact) mass is 263 g/mol. The largest absolute Gasteiger partial charge is 0.493 e. The summed E-state index contributed by atoms with van der Waals surface area (Å²) in [5, 5.41) is 0. The Morgan fingerprint density at radius 3 is 2.94 bits per heavy atom. The predicted octanol–water partition coefficient (Wildman–Crippen LogP) is 2.76. The van der Waals surface area contributed by atoms with E-state index in [4.69, 9.17) is 10.5 Å². The first-order chi connectivity index (χ1) is 8.72. The lowest BCUT2D eigenvalue weighted by Crippen LogP contribution is -2.02. The van der Waals surface area contributed by atoms with Gasteiger partial charge in [0.15, 0.2) is 0 Å². The first kappa shape index (κ1) is 14.9. The zero-order valence-corrected chi connectivity index (χ0v) is 11.9. The van der Waals surface area contributed by atoms with Crippen LogP contribution in [0.25, 0.3) is 0 Å². The maximum Gasteiger partial charge on any atom is 0.120 e. The van der Waals surface area contributed by atoms with E-state index < -0.39 is 0 Å². The average Bonchev–Trinajstić information content (AvgIpc) is 2.36. The number of rotatable bonds is 6. The first-order valence-corrected chi connectivity index (χ1v) is 7.37. The molecule has 2 N–H and O–H groups in total. The van der Waals surface area contributed by atoms with E-state index in [-0.39, 0.29) is 0 Å². The van der Waals surface area contributed by atoms with E-state index in [0.29, 0.717) is 6.54 Å². The summed E-state index contributed by atoms with van der Waals surface area (Å²) in [5.74, 6) is 9.67. The third-order valence-corrected chi connectivity index (χ3v) is 3.47. The molecule has 0 unspecified atom stereocenters. The molecule has 0 bridgehead atoms. The van der Waals surface area contributed by atoms with Crippen LogP contribution in [0.5, 0.6) is 5.75 Å². The Kier molecular flexibility index (Phi) is 7.40. The van der Waals surface area contributed by atoms with E-state index in [0.717, 1.165) is 29.6 Å². The molecule has 2 nitrogen and oxygen atoms in total. The van der Waals surface area contributed by atoms with Gasteiger partial charge in [0.05, 0.1) is 13.2 Å². The van der Waals surface area contributed by atoms with Crippen molar-refractivity contribution in [2.24, 2.45) is 11.7 Å². The summed E-state index contributed by atoms with van der Waals surface area (Å²) in [6, 6.07) is 7.83. The van der Waals surface area contributed by atoms with Crippen molar-refractivity contribution in [3.63, 3.8) is 0 Å². The van der Waals surface area contributed by atoms with Crippen molar-refractivity contribution < 1.29 is 4.74 Å². The molecule has 0 aliphatic rings. The number of thioether (sulfide) groups is 1. The molecular weight excluding hydrogens is 242 g/mol. The van der Waals surface area contributed by atoms with Crippen LogP contribution in [-0.4, -0.2) is 24.7 Å². The van der Waals surface area contributed by atoms with Gasteiger partial charge in [-0.25, -0.2) is 0 Å². The maximum atomic E-state index is 5.69. The topological polar surface area (TPSA) is 35.2 Å². The molecule has 0 radical (unpaired) electrons. The molecule has 1 aromatic rings. The molecule has 0 heterocycles. The summed E-state index contributed by atoms with van der Waals surface area (Å²) >= 11 is 1.93. The van der Waals surface area contributed by atoms with Crippen LogP contribution >= 0.6 is 11.8 Å². The fraction of sp³-hybridized carbons (Fsp3) is 0.467. The van der Waals surface area contributed by atoms with Gasteiger partial charge in [0.25, 0.3) is 0 Å². The number of benzene rings is 1. The predicted molar refractivity (Wildman–Crippen MR) is 80.0 cm³/mol. The summed E-state index contributed by atoms with van der Waals surface area (Å²) in [7, 11) is 0. The van der Waals surface area contributed by atoms with Crippen molar-refractivity contribution in [1.29, 1.82) is 0 Å². The zero-order valence-electron chi connectivity index (χ0n) is 11.1. The lowest BCUT2D eigenvalue weighted by Gasteiger charge is -2.07. The lowest BCUT2D eigenvalue weighted by molar-refractivity contribution is 0.344. The smallest absolute Gasteiger partial charge is 0.120 e. The lowest BCUT2D eigenvalue weighted by atomic mass is 10.2. The zero-order chi connectivity index (χ0) is 13.2. The fourth-order valence-electron chi connectivity index (χ4n) is 1.35. The van der Waals surface area contributed by atoms with Gasteiger partial charge in [-0.2, -0.15) is 11.8 Å². The van der Waals surface area contributed by atoms with Gasteiger partial charge in [-0.15, -0.1) is 0 Å². The molecule has 3 heteroatoms. The van der Waals surface area contributed by atoms with E-state index >= 15 is 0 Å². The van der Waals surface area contributed by atoms with E-state index in [1.165, 1.54) is 5.75 Å². The van der Waals surface area contributed by atoms with Crippen molar-refractivity contribution in [2.75, 3.05) is 24.7 Å². The fourth-order valence-corrected chi connectivity index (χ4v) is 2.19. The van der Waals surface area contributed by atoms with Gasteiger partial charge in [-0.3, -0.25) is 0 Å². The van der Waals surface area contributed by atoms with E-state index in [1.807, 2.05) is 36.0 Å². The Morgan fingerprint density at radius 2 is 2.22 bits per heavy atom. The van der Waals surface area contributed by atoms with Crippen LogP contribution in [0.15, 0.2) is 24.3 Å². The molecule has 0 saturated carbocycles. The number of ether oxygens (including phenoxy) is 1. The summed E-state index contributed by atoms with van der Waals surface area (Å²) < 4.78 is 5.69. The van der Waals surface area contributed by atoms with Gasteiger partial charge in [-0.05, 0) is 29.9 Å². The minimum Gasteiger partial charge on any atom is -0.493 e. The second-order valence-electron chi connectivity index (χ2n) is 4.35. The molecule has 0 aliphatic heterocycles. The second kappa shape index (κ2) is 8.91. The van der Waals surface area contributed by atoms with Crippen molar-refractivity contribution in [2.45, 2.75) is 13.8 Å². The molecule has 0 amide bonds. The van der Waals surface area contributed by atoms with Crippen molar-refractivity contribution >= 4 is 11.8 Å². The van der Waals surface area contributed by atoms with Crippen molar-refractivity contribution in [3.8, 4) is 17.6 Å². The van der Waals surface area contributed by atoms with Crippen molar-refractivity contribution in [3.05, 3.63) is 29.8 Å². The molecule has 0 aliphatic carbocycles. The minimum absolute atomic E-state index is 0.386. The standard InChI is InChI=1S/C15H21NOS/c1-13(2)12-18-10-9-17-15-7-3-5-14(11-15)6-4-8-16/h3,5,7,11,13H,8-10,12,16H2,1-2H3. The third-order valence-electron chi connectivity index (χ3n) is 2.12. The SMILES string of the molecule is CC(C)CSCCOc1cccc(C#CCN)c1. The molecule has 0 saturated heterocycles. The Balaban J connectivity index is 2.34. The van der Waals surface area contributed by atoms with Gasteiger partial charge < -0.3 is 10.5 Å². The highest BCUT2D eigenvalue weighted by Gasteiger charge is 1.97. The van der Waals surface area contributed by atoms with Crippen LogP contribution < -0.4 is 10.5 Å². The maximum absolute atomic E-state index is 5.69. The Morgan fingerprint density at radius 1 is 1.39 bits per heavy atom. The van der Waals surface area contributed by atoms with Gasteiger partial charge in [0.1, 0.15) is 5.75 Å². The van der Waals surface area contributed by atoms with E-state index in [2.05, 4.69) is 25.7 Å². The van der Waals surface area contributed by atoms with Gasteiger partial charge in [0, 0.05) is 11.3 Å². The molecule has 18 heavy (non-hydrogen) atoms. The molecule has 0 aromatic heterocycles. The van der Waals surface area contributed by atoms with E-state index in [1.54, 1.807) is 0 Å². The molecular formula is C15H21NOS. The van der Waals surface area contributed by atoms with Gasteiger partial charge in [-0.1, -0.05) is 31.8 Å². The normalized spacial score (nSPS) is 10.0. The Bertz CT molecular complexity index is 406. The van der Waals surface area contributed by atoms with Crippen LogP contribution in [0.3, 0.4) is 0 Å². The Hall–Kier alpha value is -1.11. The molecule has 1 aromatic carbocycles. The molecule has 98 valence electrons. The second-order valence-corrected chi connectivity index (χ2v) is 5.50. The summed E-state index contributed by atoms with van der Waals surface area (Å²) in [6.07, 6.45) is 0. The van der Waals surface area contributed by atoms with Crippen LogP contribution in [-0.2, 0) is 0 Å². The van der Waals surface area contributed by atoms with Crippen molar-refractivity contribution in [1.82, 2.24) is 0 Å². The number of hydrogen-bond donors (Lipinski definition) is 1. The summed E-state index contributed by atoms with van der Waals surface area (Å²) in [6.45, 7) is 5.59. The minimum atomic E-state index is 0.386. The quantitative estimate of drug-likeness (QED) is 0.633. The van der Waals surface area contributed by atoms with E-state index in [9.17, 15) is 0 Å². The number of hydrogen-bond acceptors (Lipinski definition) is 3. The first-order valence-electron chi connectivity index (χ1n) is 6.22.